The summed E-state index contributed by atoms with van der Waals surface area (Å²) in [5, 5.41) is 16.2. The molecule has 0 amide bonds. The maximum absolute atomic E-state index is 9.22. The molecule has 0 aliphatic carbocycles. The van der Waals surface area contributed by atoms with E-state index in [4.69, 9.17) is 15.9 Å². The van der Waals surface area contributed by atoms with Gasteiger partial charge in [0.25, 0.3) is 0 Å². The van der Waals surface area contributed by atoms with Crippen LogP contribution < -0.4 is 10.5 Å². The van der Waals surface area contributed by atoms with E-state index in [0.29, 0.717) is 19.4 Å². The highest BCUT2D eigenvalue weighted by Gasteiger charge is 2.06. The van der Waals surface area contributed by atoms with Crippen molar-refractivity contribution in [2.75, 3.05) is 6.61 Å². The average Bonchev–Trinajstić information content (AvgIpc) is 2.25. The van der Waals surface area contributed by atoms with E-state index in [0.717, 1.165) is 5.75 Å². The third kappa shape index (κ3) is 4.46. The van der Waals surface area contributed by atoms with Crippen LogP contribution >= 0.6 is 0 Å². The van der Waals surface area contributed by atoms with Gasteiger partial charge in [0.15, 0.2) is 0 Å². The molecule has 0 saturated carbocycles. The first kappa shape index (κ1) is 11.5. The molecule has 1 atom stereocenters. The number of nitrogens with two attached hydrogens (primary N) is 1. The molecule has 0 saturated heterocycles. The second-order valence-corrected chi connectivity index (χ2v) is 3.27. The Morgan fingerprint density at radius 1 is 1.40 bits per heavy atom. The van der Waals surface area contributed by atoms with E-state index >= 15 is 0 Å². The van der Waals surface area contributed by atoms with Gasteiger partial charge in [0.1, 0.15) is 17.7 Å². The molecule has 4 nitrogen and oxygen atoms in total. The number of rotatable bonds is 6. The molecule has 0 fully saturated rings. The minimum Gasteiger partial charge on any atom is -0.494 e. The van der Waals surface area contributed by atoms with Crippen LogP contribution in [0.3, 0.4) is 0 Å². The van der Waals surface area contributed by atoms with E-state index in [1.807, 2.05) is 30.3 Å². The SMILES string of the molecule is N=C(N)C(O)CCCOc1ccccc1. The van der Waals surface area contributed by atoms with Crippen LogP contribution in [-0.4, -0.2) is 23.7 Å². The number of nitrogens with one attached hydrogen (secondary N) is 1. The minimum absolute atomic E-state index is 0.185. The molecule has 0 aliphatic rings. The Labute approximate surface area is 89.2 Å². The normalized spacial score (nSPS) is 12.1. The summed E-state index contributed by atoms with van der Waals surface area (Å²) in [7, 11) is 0. The Morgan fingerprint density at radius 3 is 2.67 bits per heavy atom. The van der Waals surface area contributed by atoms with Crippen LogP contribution in [-0.2, 0) is 0 Å². The first-order valence-corrected chi connectivity index (χ1v) is 4.90. The van der Waals surface area contributed by atoms with Gasteiger partial charge in [-0.1, -0.05) is 18.2 Å². The minimum atomic E-state index is -0.843. The fraction of sp³-hybridized carbons (Fsp3) is 0.364. The molecule has 0 spiro atoms. The summed E-state index contributed by atoms with van der Waals surface area (Å²) < 4.78 is 5.41. The summed E-state index contributed by atoms with van der Waals surface area (Å²) in [6, 6.07) is 9.48. The molecule has 4 N–H and O–H groups in total. The van der Waals surface area contributed by atoms with Crippen molar-refractivity contribution >= 4 is 5.84 Å². The summed E-state index contributed by atoms with van der Waals surface area (Å²) in [5.41, 5.74) is 5.12. The molecule has 4 heteroatoms. The van der Waals surface area contributed by atoms with Crippen LogP contribution in [0.2, 0.25) is 0 Å². The third-order valence-corrected chi connectivity index (χ3v) is 1.99. The summed E-state index contributed by atoms with van der Waals surface area (Å²) >= 11 is 0. The summed E-state index contributed by atoms with van der Waals surface area (Å²) in [6.07, 6.45) is 0.294. The van der Waals surface area contributed by atoms with Crippen molar-refractivity contribution in [1.82, 2.24) is 0 Å². The molecule has 0 aromatic heterocycles. The third-order valence-electron chi connectivity index (χ3n) is 1.99. The van der Waals surface area contributed by atoms with Crippen LogP contribution in [0.4, 0.5) is 0 Å². The van der Waals surface area contributed by atoms with Crippen molar-refractivity contribution < 1.29 is 9.84 Å². The number of amidine groups is 1. The molecule has 0 aliphatic heterocycles. The van der Waals surface area contributed by atoms with Gasteiger partial charge in [0, 0.05) is 0 Å². The van der Waals surface area contributed by atoms with Gasteiger partial charge in [-0.3, -0.25) is 5.41 Å². The Hall–Kier alpha value is -1.55. The number of benzene rings is 1. The molecular formula is C11H16N2O2. The number of aliphatic hydroxyl groups is 1. The Morgan fingerprint density at radius 2 is 2.07 bits per heavy atom. The van der Waals surface area contributed by atoms with Crippen LogP contribution in [0.25, 0.3) is 0 Å². The fourth-order valence-electron chi connectivity index (χ4n) is 1.14. The van der Waals surface area contributed by atoms with E-state index < -0.39 is 6.10 Å². The highest BCUT2D eigenvalue weighted by Crippen LogP contribution is 2.09. The van der Waals surface area contributed by atoms with Gasteiger partial charge in [-0.15, -0.1) is 0 Å². The number of ether oxygens (including phenoxy) is 1. The molecule has 1 unspecified atom stereocenters. The van der Waals surface area contributed by atoms with Gasteiger partial charge in [0.05, 0.1) is 6.61 Å². The zero-order chi connectivity index (χ0) is 11.1. The first-order chi connectivity index (χ1) is 7.20. The zero-order valence-corrected chi connectivity index (χ0v) is 8.52. The van der Waals surface area contributed by atoms with Crippen molar-refractivity contribution in [1.29, 1.82) is 5.41 Å². The molecule has 1 rings (SSSR count). The second kappa shape index (κ2) is 6.03. The number of hydrogen-bond donors (Lipinski definition) is 3. The highest BCUT2D eigenvalue weighted by atomic mass is 16.5. The number of hydrogen-bond acceptors (Lipinski definition) is 3. The van der Waals surface area contributed by atoms with Crippen molar-refractivity contribution in [2.45, 2.75) is 18.9 Å². The molecule has 1 aromatic carbocycles. The van der Waals surface area contributed by atoms with Gasteiger partial charge in [-0.25, -0.2) is 0 Å². The maximum atomic E-state index is 9.22. The number of para-hydroxylation sites is 1. The molecular weight excluding hydrogens is 192 g/mol. The molecule has 82 valence electrons. The van der Waals surface area contributed by atoms with E-state index in [2.05, 4.69) is 0 Å². The molecule has 0 radical (unpaired) electrons. The van der Waals surface area contributed by atoms with Crippen LogP contribution in [0.15, 0.2) is 30.3 Å². The van der Waals surface area contributed by atoms with Gasteiger partial charge in [-0.2, -0.15) is 0 Å². The van der Waals surface area contributed by atoms with E-state index in [-0.39, 0.29) is 5.84 Å². The Balaban J connectivity index is 2.15. The van der Waals surface area contributed by atoms with Crippen molar-refractivity contribution in [3.8, 4) is 5.75 Å². The van der Waals surface area contributed by atoms with Gasteiger partial charge < -0.3 is 15.6 Å². The Bertz CT molecular complexity index is 301. The highest BCUT2D eigenvalue weighted by molar-refractivity contribution is 5.81. The molecule has 15 heavy (non-hydrogen) atoms. The van der Waals surface area contributed by atoms with Crippen LogP contribution in [0, 0.1) is 5.41 Å². The standard InChI is InChI=1S/C11H16N2O2/c12-11(13)10(14)7-4-8-15-9-5-2-1-3-6-9/h1-3,5-6,10,14H,4,7-8H2,(H3,12,13). The Kier molecular flexibility index (Phi) is 4.63. The lowest BCUT2D eigenvalue weighted by atomic mass is 10.2. The molecule has 0 bridgehead atoms. The topological polar surface area (TPSA) is 79.3 Å². The van der Waals surface area contributed by atoms with Crippen LogP contribution in [0.1, 0.15) is 12.8 Å². The van der Waals surface area contributed by atoms with Crippen molar-refractivity contribution in [2.24, 2.45) is 5.73 Å². The van der Waals surface area contributed by atoms with Crippen LogP contribution in [0.5, 0.6) is 5.75 Å². The predicted molar refractivity (Wildman–Crippen MR) is 59.1 cm³/mol. The lowest BCUT2D eigenvalue weighted by Crippen LogP contribution is -2.27. The zero-order valence-electron chi connectivity index (χ0n) is 8.52. The second-order valence-electron chi connectivity index (χ2n) is 3.27. The monoisotopic (exact) mass is 208 g/mol. The largest absolute Gasteiger partial charge is 0.494 e. The van der Waals surface area contributed by atoms with E-state index in [9.17, 15) is 5.11 Å². The fourth-order valence-corrected chi connectivity index (χ4v) is 1.14. The number of aliphatic hydroxyl groups excluding tert-OH is 1. The predicted octanol–water partition coefficient (Wildman–Crippen LogP) is 1.14. The van der Waals surface area contributed by atoms with Gasteiger partial charge >= 0.3 is 0 Å². The van der Waals surface area contributed by atoms with E-state index in [1.54, 1.807) is 0 Å². The summed E-state index contributed by atoms with van der Waals surface area (Å²) in [5.74, 6) is 0.629. The summed E-state index contributed by atoms with van der Waals surface area (Å²) in [4.78, 5) is 0. The van der Waals surface area contributed by atoms with Crippen molar-refractivity contribution in [3.63, 3.8) is 0 Å². The maximum Gasteiger partial charge on any atom is 0.120 e. The summed E-state index contributed by atoms with van der Waals surface area (Å²) in [6.45, 7) is 0.522. The van der Waals surface area contributed by atoms with Crippen molar-refractivity contribution in [3.05, 3.63) is 30.3 Å². The molecule has 0 heterocycles. The molecule has 1 aromatic rings. The van der Waals surface area contributed by atoms with E-state index in [1.165, 1.54) is 0 Å². The lowest BCUT2D eigenvalue weighted by Gasteiger charge is -2.09. The quantitative estimate of drug-likeness (QED) is 0.372. The van der Waals surface area contributed by atoms with Gasteiger partial charge in [0.2, 0.25) is 0 Å². The lowest BCUT2D eigenvalue weighted by molar-refractivity contribution is 0.208. The van der Waals surface area contributed by atoms with Gasteiger partial charge in [-0.05, 0) is 25.0 Å². The average molecular weight is 208 g/mol. The first-order valence-electron chi connectivity index (χ1n) is 4.90. The smallest absolute Gasteiger partial charge is 0.120 e.